The molecule has 0 spiro atoms. The van der Waals surface area contributed by atoms with Crippen molar-refractivity contribution < 1.29 is 23.9 Å². The zero-order chi connectivity index (χ0) is 24.1. The molecular formula is C23H22BrN3O5S. The fraction of sp³-hybridized carbons (Fsp3) is 0.217. The van der Waals surface area contributed by atoms with Crippen LogP contribution in [0.1, 0.15) is 12.5 Å². The van der Waals surface area contributed by atoms with Crippen LogP contribution in [0.25, 0.3) is 6.08 Å². The molecule has 8 nitrogen and oxygen atoms in total. The van der Waals surface area contributed by atoms with Crippen LogP contribution in [0, 0.1) is 0 Å². The van der Waals surface area contributed by atoms with E-state index in [2.05, 4.69) is 21.2 Å². The number of carbonyl (C=O) groups excluding carboxylic acids is 3. The smallest absolute Gasteiger partial charge is 0.265 e. The second-order valence-corrected chi connectivity index (χ2v) is 8.24. The van der Waals surface area contributed by atoms with Crippen LogP contribution >= 0.6 is 28.1 Å². The van der Waals surface area contributed by atoms with Crippen LogP contribution in [0.15, 0.2) is 52.5 Å². The molecule has 0 aromatic heterocycles. The average Bonchev–Trinajstić information content (AvgIpc) is 2.80. The van der Waals surface area contributed by atoms with Crippen LogP contribution in [0.4, 0.5) is 5.69 Å². The minimum atomic E-state index is -0.495. The van der Waals surface area contributed by atoms with Gasteiger partial charge >= 0.3 is 0 Å². The highest BCUT2D eigenvalue weighted by Crippen LogP contribution is 2.35. The van der Waals surface area contributed by atoms with E-state index in [1.165, 1.54) is 30.0 Å². The number of likely N-dealkylation sites (N-methyl/N-ethyl adjacent to an activating group) is 2. The van der Waals surface area contributed by atoms with Crippen molar-refractivity contribution >= 4 is 62.7 Å². The Kier molecular flexibility index (Phi) is 7.83. The summed E-state index contributed by atoms with van der Waals surface area (Å²) in [4.78, 5) is 40.0. The third kappa shape index (κ3) is 5.58. The van der Waals surface area contributed by atoms with Gasteiger partial charge in [-0.3, -0.25) is 24.2 Å². The van der Waals surface area contributed by atoms with Crippen molar-refractivity contribution in [3.63, 3.8) is 0 Å². The Morgan fingerprint density at radius 1 is 1.06 bits per heavy atom. The highest BCUT2D eigenvalue weighted by atomic mass is 79.9. The largest absolute Gasteiger partial charge is 0.490 e. The Hall–Kier alpha value is -3.24. The van der Waals surface area contributed by atoms with Crippen molar-refractivity contribution in [1.29, 1.82) is 0 Å². The summed E-state index contributed by atoms with van der Waals surface area (Å²) in [6, 6.07) is 12.3. The maximum Gasteiger partial charge on any atom is 0.265 e. The Morgan fingerprint density at radius 3 is 2.27 bits per heavy atom. The monoisotopic (exact) mass is 531 g/mol. The Balaban J connectivity index is 1.84. The average molecular weight is 532 g/mol. The molecule has 2 aromatic carbocycles. The Morgan fingerprint density at radius 2 is 1.67 bits per heavy atom. The first kappa shape index (κ1) is 24.4. The second kappa shape index (κ2) is 10.6. The van der Waals surface area contributed by atoms with E-state index >= 15 is 0 Å². The van der Waals surface area contributed by atoms with E-state index in [0.717, 1.165) is 0 Å². The Labute approximate surface area is 205 Å². The van der Waals surface area contributed by atoms with Gasteiger partial charge in [-0.2, -0.15) is 0 Å². The van der Waals surface area contributed by atoms with Crippen LogP contribution < -0.4 is 14.8 Å². The predicted molar refractivity (Wildman–Crippen MR) is 132 cm³/mol. The number of ether oxygens (including phenoxy) is 2. The van der Waals surface area contributed by atoms with Gasteiger partial charge in [0.1, 0.15) is 5.57 Å². The van der Waals surface area contributed by atoms with Gasteiger partial charge in [0, 0.05) is 24.3 Å². The molecule has 2 aromatic rings. The number of hydrogen-bond donors (Lipinski definition) is 1. The third-order valence-corrected chi connectivity index (χ3v) is 5.96. The first-order valence-electron chi connectivity index (χ1n) is 9.98. The third-order valence-electron chi connectivity index (χ3n) is 4.72. The molecule has 1 saturated heterocycles. The summed E-state index contributed by atoms with van der Waals surface area (Å²) >= 11 is 8.56. The topological polar surface area (TPSA) is 88.2 Å². The summed E-state index contributed by atoms with van der Waals surface area (Å²) in [7, 11) is 3.03. The lowest BCUT2D eigenvalue weighted by Crippen LogP contribution is -2.52. The highest BCUT2D eigenvalue weighted by molar-refractivity contribution is 9.10. The standard InChI is InChI=1S/C23H22BrN3O5S/c1-4-31-18-11-14(10-16-21(29)26(2)23(33)27(3)22(16)30)17(24)12-19(18)32-13-20(28)25-15-8-6-5-7-9-15/h5-12H,4,13H2,1-3H3,(H,25,28). The SMILES string of the molecule is CCOc1cc(C=C2C(=O)N(C)C(=S)N(C)C2=O)c(Br)cc1OCC(=O)Nc1ccccc1. The molecule has 3 rings (SSSR count). The number of para-hydroxylation sites is 1. The number of thiocarbonyl (C=S) groups is 1. The van der Waals surface area contributed by atoms with Crippen LogP contribution in [0.5, 0.6) is 11.5 Å². The number of halogens is 1. The van der Waals surface area contributed by atoms with Crippen molar-refractivity contribution in [2.45, 2.75) is 6.92 Å². The fourth-order valence-electron chi connectivity index (χ4n) is 3.03. The molecule has 0 bridgehead atoms. The van der Waals surface area contributed by atoms with E-state index < -0.39 is 11.8 Å². The molecule has 0 unspecified atom stereocenters. The van der Waals surface area contributed by atoms with Gasteiger partial charge in [-0.15, -0.1) is 0 Å². The number of nitrogens with zero attached hydrogens (tertiary/aromatic N) is 2. The molecule has 0 saturated carbocycles. The van der Waals surface area contributed by atoms with Crippen molar-refractivity contribution in [2.75, 3.05) is 32.6 Å². The quantitative estimate of drug-likeness (QED) is 0.334. The number of rotatable bonds is 7. The van der Waals surface area contributed by atoms with Crippen LogP contribution in [-0.2, 0) is 14.4 Å². The van der Waals surface area contributed by atoms with E-state index in [4.69, 9.17) is 21.7 Å². The summed E-state index contributed by atoms with van der Waals surface area (Å²) in [6.07, 6.45) is 1.47. The summed E-state index contributed by atoms with van der Waals surface area (Å²) in [5, 5.41) is 2.88. The fourth-order valence-corrected chi connectivity index (χ4v) is 3.64. The summed E-state index contributed by atoms with van der Waals surface area (Å²) in [6.45, 7) is 1.93. The molecule has 0 aliphatic carbocycles. The van der Waals surface area contributed by atoms with Crippen molar-refractivity contribution in [1.82, 2.24) is 9.80 Å². The summed E-state index contributed by atoms with van der Waals surface area (Å²) in [5.41, 5.74) is 1.16. The molecule has 1 N–H and O–H groups in total. The highest BCUT2D eigenvalue weighted by Gasteiger charge is 2.35. The number of nitrogens with one attached hydrogen (secondary N) is 1. The number of amides is 3. The maximum atomic E-state index is 12.6. The summed E-state index contributed by atoms with van der Waals surface area (Å²) < 4.78 is 11.9. The van der Waals surface area contributed by atoms with E-state index in [0.29, 0.717) is 33.8 Å². The molecule has 1 heterocycles. The lowest BCUT2D eigenvalue weighted by Gasteiger charge is -2.31. The zero-order valence-corrected chi connectivity index (χ0v) is 20.7. The summed E-state index contributed by atoms with van der Waals surface area (Å²) in [5.74, 6) is -0.609. The maximum absolute atomic E-state index is 12.6. The van der Waals surface area contributed by atoms with Crippen LogP contribution in [0.2, 0.25) is 0 Å². The van der Waals surface area contributed by atoms with E-state index in [1.54, 1.807) is 24.3 Å². The minimum Gasteiger partial charge on any atom is -0.490 e. The predicted octanol–water partition coefficient (Wildman–Crippen LogP) is 3.46. The lowest BCUT2D eigenvalue weighted by molar-refractivity contribution is -0.132. The van der Waals surface area contributed by atoms with E-state index in [1.807, 2.05) is 25.1 Å². The molecule has 1 aliphatic rings. The van der Waals surface area contributed by atoms with Crippen LogP contribution in [-0.4, -0.2) is 59.9 Å². The van der Waals surface area contributed by atoms with Gasteiger partial charge in [-0.05, 0) is 55.0 Å². The normalized spacial score (nSPS) is 13.8. The van der Waals surface area contributed by atoms with Gasteiger partial charge in [0.25, 0.3) is 17.7 Å². The molecule has 1 fully saturated rings. The molecule has 1 aliphatic heterocycles. The van der Waals surface area contributed by atoms with Gasteiger partial charge in [-0.25, -0.2) is 0 Å². The molecule has 3 amide bonds. The van der Waals surface area contributed by atoms with Gasteiger partial charge in [0.05, 0.1) is 6.61 Å². The molecular weight excluding hydrogens is 510 g/mol. The second-order valence-electron chi connectivity index (χ2n) is 7.03. The molecule has 33 heavy (non-hydrogen) atoms. The van der Waals surface area contributed by atoms with Gasteiger partial charge < -0.3 is 14.8 Å². The lowest BCUT2D eigenvalue weighted by atomic mass is 10.1. The number of benzene rings is 2. The van der Waals surface area contributed by atoms with Crippen molar-refractivity contribution in [2.24, 2.45) is 0 Å². The molecule has 172 valence electrons. The first-order chi connectivity index (χ1) is 15.7. The van der Waals surface area contributed by atoms with Gasteiger partial charge in [0.15, 0.2) is 23.2 Å². The Bertz CT molecular complexity index is 1110. The molecule has 0 radical (unpaired) electrons. The zero-order valence-electron chi connectivity index (χ0n) is 18.3. The first-order valence-corrected chi connectivity index (χ1v) is 11.2. The molecule has 0 atom stereocenters. The van der Waals surface area contributed by atoms with Gasteiger partial charge in [0.2, 0.25) is 0 Å². The number of anilines is 1. The van der Waals surface area contributed by atoms with Crippen LogP contribution in [0.3, 0.4) is 0 Å². The van der Waals surface area contributed by atoms with Crippen molar-refractivity contribution in [3.05, 3.63) is 58.1 Å². The van der Waals surface area contributed by atoms with Gasteiger partial charge in [-0.1, -0.05) is 34.1 Å². The minimum absolute atomic E-state index is 0.0346. The number of carbonyl (C=O) groups is 3. The van der Waals surface area contributed by atoms with E-state index in [-0.39, 0.29) is 23.2 Å². The van der Waals surface area contributed by atoms with E-state index in [9.17, 15) is 14.4 Å². The molecule has 10 heteroatoms. The van der Waals surface area contributed by atoms with Crippen molar-refractivity contribution in [3.8, 4) is 11.5 Å². The number of hydrogen-bond acceptors (Lipinski definition) is 6.